The molecule has 0 atom stereocenters. The number of amides is 1. The van der Waals surface area contributed by atoms with E-state index >= 15 is 0 Å². The zero-order valence-electron chi connectivity index (χ0n) is 13.9. The van der Waals surface area contributed by atoms with E-state index in [0.717, 1.165) is 35.7 Å². The second-order valence-corrected chi connectivity index (χ2v) is 7.14. The Morgan fingerprint density at radius 2 is 1.88 bits per heavy atom. The molecule has 1 aromatic carbocycles. The van der Waals surface area contributed by atoms with Crippen LogP contribution in [0.25, 0.3) is 0 Å². The number of carbonyl (C=O) groups excluding carboxylic acids is 1. The first kappa shape index (κ1) is 18.1. The van der Waals surface area contributed by atoms with Crippen LogP contribution in [0.4, 0.5) is 5.00 Å². The normalized spacial score (nSPS) is 13.8. The monoisotopic (exact) mass is 374 g/mol. The fraction of sp³-hybridized carbons (Fsp3) is 0.278. The summed E-state index contributed by atoms with van der Waals surface area (Å²) >= 11 is 1.15. The first-order valence-electron chi connectivity index (χ1n) is 8.14. The van der Waals surface area contributed by atoms with E-state index in [0.29, 0.717) is 18.5 Å². The first-order valence-corrected chi connectivity index (χ1v) is 8.95. The lowest BCUT2D eigenvalue weighted by Crippen LogP contribution is -2.32. The molecule has 8 heteroatoms. The van der Waals surface area contributed by atoms with E-state index in [2.05, 4.69) is 22.3 Å². The van der Waals surface area contributed by atoms with Crippen LogP contribution in [0.15, 0.2) is 30.3 Å². The highest BCUT2D eigenvalue weighted by atomic mass is 32.1. The van der Waals surface area contributed by atoms with Crippen molar-refractivity contribution in [3.63, 3.8) is 0 Å². The Kier molecular flexibility index (Phi) is 5.34. The molecule has 7 nitrogen and oxygen atoms in total. The molecule has 1 amide bonds. The van der Waals surface area contributed by atoms with Crippen molar-refractivity contribution in [2.24, 2.45) is 0 Å². The molecule has 2 aromatic rings. The maximum Gasteiger partial charge on any atom is 0.394 e. The highest BCUT2D eigenvalue weighted by Crippen LogP contribution is 2.37. The van der Waals surface area contributed by atoms with Crippen molar-refractivity contribution in [3.8, 4) is 0 Å². The molecular formula is C18H18N2O5S. The fourth-order valence-corrected chi connectivity index (χ4v) is 4.22. The summed E-state index contributed by atoms with van der Waals surface area (Å²) in [5, 5.41) is 20.6. The molecular weight excluding hydrogens is 356 g/mol. The van der Waals surface area contributed by atoms with Gasteiger partial charge in [0, 0.05) is 24.5 Å². The van der Waals surface area contributed by atoms with Gasteiger partial charge in [-0.3, -0.25) is 9.69 Å². The van der Waals surface area contributed by atoms with Gasteiger partial charge in [-0.2, -0.15) is 0 Å². The molecule has 136 valence electrons. The Balaban J connectivity index is 1.76. The summed E-state index contributed by atoms with van der Waals surface area (Å²) in [4.78, 5) is 36.9. The Bertz CT molecular complexity index is 847. The maximum atomic E-state index is 11.7. The summed E-state index contributed by atoms with van der Waals surface area (Å²) in [7, 11) is 0. The second-order valence-electron chi connectivity index (χ2n) is 6.03. The van der Waals surface area contributed by atoms with E-state index in [9.17, 15) is 19.5 Å². The molecule has 0 aliphatic carbocycles. The predicted octanol–water partition coefficient (Wildman–Crippen LogP) is 2.07. The largest absolute Gasteiger partial charge is 0.478 e. The lowest BCUT2D eigenvalue weighted by Gasteiger charge is -2.27. The number of fused-ring (bicyclic) bond motifs is 1. The minimum atomic E-state index is -1.64. The molecule has 0 fully saturated rings. The van der Waals surface area contributed by atoms with Crippen molar-refractivity contribution in [1.29, 1.82) is 0 Å². The van der Waals surface area contributed by atoms with Gasteiger partial charge in [0.15, 0.2) is 0 Å². The quantitative estimate of drug-likeness (QED) is 0.692. The van der Waals surface area contributed by atoms with Crippen LogP contribution < -0.4 is 5.32 Å². The van der Waals surface area contributed by atoms with Crippen LogP contribution in [-0.4, -0.2) is 46.0 Å². The van der Waals surface area contributed by atoms with E-state index < -0.39 is 17.8 Å². The van der Waals surface area contributed by atoms with Gasteiger partial charge in [-0.05, 0) is 24.0 Å². The smallest absolute Gasteiger partial charge is 0.394 e. The lowest BCUT2D eigenvalue weighted by atomic mass is 10.0. The van der Waals surface area contributed by atoms with Crippen LogP contribution in [0, 0.1) is 0 Å². The van der Waals surface area contributed by atoms with Crippen LogP contribution in [0.2, 0.25) is 0 Å². The van der Waals surface area contributed by atoms with E-state index in [-0.39, 0.29) is 10.6 Å². The SMILES string of the molecule is O=C(O)C(=O)Nc1sc2c(c1C(=O)O)CN(CCc1ccccc1)CC2. The number of hydrogen-bond acceptors (Lipinski definition) is 5. The third-order valence-corrected chi connectivity index (χ3v) is 5.53. The number of aliphatic carboxylic acids is 1. The molecule has 3 N–H and O–H groups in total. The van der Waals surface area contributed by atoms with Crippen LogP contribution in [0.1, 0.15) is 26.4 Å². The standard InChI is InChI=1S/C18H18N2O5S/c21-15(18(24)25)19-16-14(17(22)23)12-10-20(9-7-13(12)26-16)8-6-11-4-2-1-3-5-11/h1-5H,6-10H2,(H,19,21)(H,22,23)(H,24,25). The summed E-state index contributed by atoms with van der Waals surface area (Å²) in [6, 6.07) is 10.1. The molecule has 0 saturated carbocycles. The van der Waals surface area contributed by atoms with Crippen LogP contribution in [-0.2, 0) is 29.0 Å². The topological polar surface area (TPSA) is 107 Å². The third kappa shape index (κ3) is 3.92. The second kappa shape index (κ2) is 7.67. The molecule has 3 rings (SSSR count). The summed E-state index contributed by atoms with van der Waals surface area (Å²) in [6.07, 6.45) is 1.54. The van der Waals surface area contributed by atoms with E-state index in [1.807, 2.05) is 18.2 Å². The molecule has 26 heavy (non-hydrogen) atoms. The maximum absolute atomic E-state index is 11.7. The highest BCUT2D eigenvalue weighted by Gasteiger charge is 2.29. The number of nitrogens with zero attached hydrogens (tertiary/aromatic N) is 1. The van der Waals surface area contributed by atoms with Gasteiger partial charge in [-0.25, -0.2) is 9.59 Å². The fourth-order valence-electron chi connectivity index (χ4n) is 3.04. The van der Waals surface area contributed by atoms with E-state index in [1.54, 1.807) is 0 Å². The van der Waals surface area contributed by atoms with Gasteiger partial charge in [-0.1, -0.05) is 30.3 Å². The Morgan fingerprint density at radius 3 is 2.54 bits per heavy atom. The molecule has 1 aliphatic rings. The number of aromatic carboxylic acids is 1. The molecule has 1 aliphatic heterocycles. The average molecular weight is 374 g/mol. The van der Waals surface area contributed by atoms with Gasteiger partial charge >= 0.3 is 17.8 Å². The van der Waals surface area contributed by atoms with Crippen LogP contribution in [0.3, 0.4) is 0 Å². The minimum Gasteiger partial charge on any atom is -0.478 e. The Hall–Kier alpha value is -2.71. The molecule has 0 spiro atoms. The molecule has 0 unspecified atom stereocenters. The number of benzene rings is 1. The van der Waals surface area contributed by atoms with Gasteiger partial charge in [0.2, 0.25) is 0 Å². The van der Waals surface area contributed by atoms with E-state index in [4.69, 9.17) is 5.11 Å². The molecule has 1 aromatic heterocycles. The first-order chi connectivity index (χ1) is 12.5. The number of thiophene rings is 1. The van der Waals surface area contributed by atoms with Crippen molar-refractivity contribution >= 4 is 34.2 Å². The van der Waals surface area contributed by atoms with Crippen molar-refractivity contribution in [1.82, 2.24) is 4.90 Å². The summed E-state index contributed by atoms with van der Waals surface area (Å²) in [5.74, 6) is -4.03. The van der Waals surface area contributed by atoms with Crippen molar-refractivity contribution in [2.75, 3.05) is 18.4 Å². The van der Waals surface area contributed by atoms with Gasteiger partial charge in [0.05, 0.1) is 5.56 Å². The van der Waals surface area contributed by atoms with Gasteiger partial charge in [0.25, 0.3) is 0 Å². The zero-order valence-corrected chi connectivity index (χ0v) is 14.7. The van der Waals surface area contributed by atoms with Crippen molar-refractivity contribution in [2.45, 2.75) is 19.4 Å². The highest BCUT2D eigenvalue weighted by molar-refractivity contribution is 7.17. The van der Waals surface area contributed by atoms with E-state index in [1.165, 1.54) is 5.56 Å². The molecule has 0 radical (unpaired) electrons. The van der Waals surface area contributed by atoms with Crippen LogP contribution >= 0.6 is 11.3 Å². The zero-order chi connectivity index (χ0) is 18.7. The van der Waals surface area contributed by atoms with Gasteiger partial charge in [-0.15, -0.1) is 11.3 Å². The number of carboxylic acids is 2. The lowest BCUT2D eigenvalue weighted by molar-refractivity contribution is -0.147. The average Bonchev–Trinajstić information content (AvgIpc) is 2.98. The number of carbonyl (C=O) groups is 3. The number of nitrogens with one attached hydrogen (secondary N) is 1. The number of anilines is 1. The number of rotatable bonds is 5. The van der Waals surface area contributed by atoms with Crippen molar-refractivity contribution < 1.29 is 24.6 Å². The Labute approximate surface area is 153 Å². The van der Waals surface area contributed by atoms with Gasteiger partial charge < -0.3 is 15.5 Å². The number of hydrogen-bond donors (Lipinski definition) is 3. The van der Waals surface area contributed by atoms with Crippen molar-refractivity contribution in [3.05, 3.63) is 51.9 Å². The third-order valence-electron chi connectivity index (χ3n) is 4.32. The van der Waals surface area contributed by atoms with Crippen LogP contribution in [0.5, 0.6) is 0 Å². The predicted molar refractivity (Wildman–Crippen MR) is 96.7 cm³/mol. The minimum absolute atomic E-state index is 0.00371. The summed E-state index contributed by atoms with van der Waals surface area (Å²) in [6.45, 7) is 2.07. The van der Waals surface area contributed by atoms with Gasteiger partial charge in [0.1, 0.15) is 5.00 Å². The summed E-state index contributed by atoms with van der Waals surface area (Å²) < 4.78 is 0. The molecule has 0 saturated heterocycles. The summed E-state index contributed by atoms with van der Waals surface area (Å²) in [5.41, 5.74) is 1.89. The Morgan fingerprint density at radius 1 is 1.15 bits per heavy atom. The molecule has 0 bridgehead atoms. The molecule has 2 heterocycles. The number of carboxylic acid groups (broad SMARTS) is 2.